The second-order valence-corrected chi connectivity index (χ2v) is 6.58. The van der Waals surface area contributed by atoms with Gasteiger partial charge < -0.3 is 10.0 Å². The molecule has 2 N–H and O–H groups in total. The molecular formula is C16H18N4O3S. The number of phenolic OH excluding ortho intramolecular Hbond substituents is 1. The number of phenols is 1. The molecule has 0 radical (unpaired) electrons. The van der Waals surface area contributed by atoms with E-state index in [1.165, 1.54) is 22.3 Å². The number of likely N-dealkylation sites (tertiary alicyclic amines) is 1. The standard InChI is InChI=1S/C16H18N4O3S/c1-2-13-18-19-16(24-13)17-14(22)11-7-5-9-20(11)15(23)10-6-3-4-8-12(10)21/h3-4,6,8,11,21H,2,5,7,9H2,1H3,(H,17,19,22). The number of aromatic hydroxyl groups is 1. The fraction of sp³-hybridized carbons (Fsp3) is 0.375. The Kier molecular flexibility index (Phi) is 4.75. The Morgan fingerprint density at radius 3 is 2.88 bits per heavy atom. The van der Waals surface area contributed by atoms with Crippen molar-refractivity contribution in [3.63, 3.8) is 0 Å². The molecule has 2 aromatic rings. The van der Waals surface area contributed by atoms with Crippen LogP contribution < -0.4 is 5.32 Å². The molecule has 2 amide bonds. The molecule has 1 aromatic carbocycles. The summed E-state index contributed by atoms with van der Waals surface area (Å²) < 4.78 is 0. The van der Waals surface area contributed by atoms with Crippen LogP contribution in [0.1, 0.15) is 35.1 Å². The molecule has 1 aliphatic heterocycles. The number of hydrogen-bond donors (Lipinski definition) is 2. The largest absolute Gasteiger partial charge is 0.507 e. The monoisotopic (exact) mass is 346 g/mol. The first-order valence-corrected chi connectivity index (χ1v) is 8.64. The third-order valence-corrected chi connectivity index (χ3v) is 4.93. The molecule has 126 valence electrons. The molecule has 0 bridgehead atoms. The highest BCUT2D eigenvalue weighted by Gasteiger charge is 2.35. The predicted octanol–water partition coefficient (Wildman–Crippen LogP) is 2.05. The summed E-state index contributed by atoms with van der Waals surface area (Å²) in [6.07, 6.45) is 2.09. The normalized spacial score (nSPS) is 17.0. The second-order valence-electron chi connectivity index (χ2n) is 5.52. The number of nitrogens with one attached hydrogen (secondary N) is 1. The van der Waals surface area contributed by atoms with Crippen LogP contribution >= 0.6 is 11.3 Å². The highest BCUT2D eigenvalue weighted by molar-refractivity contribution is 7.15. The lowest BCUT2D eigenvalue weighted by molar-refractivity contribution is -0.119. The smallest absolute Gasteiger partial charge is 0.258 e. The summed E-state index contributed by atoms with van der Waals surface area (Å²) >= 11 is 1.33. The number of para-hydroxylation sites is 1. The van der Waals surface area contributed by atoms with Gasteiger partial charge in [0.25, 0.3) is 5.91 Å². The zero-order valence-electron chi connectivity index (χ0n) is 13.2. The van der Waals surface area contributed by atoms with Gasteiger partial charge >= 0.3 is 0 Å². The van der Waals surface area contributed by atoms with Gasteiger partial charge in [0.2, 0.25) is 11.0 Å². The number of carbonyl (C=O) groups excluding carboxylic acids is 2. The molecule has 3 rings (SSSR count). The molecular weight excluding hydrogens is 328 g/mol. The Morgan fingerprint density at radius 1 is 1.38 bits per heavy atom. The Hall–Kier alpha value is -2.48. The number of rotatable bonds is 4. The molecule has 2 heterocycles. The van der Waals surface area contributed by atoms with Crippen molar-refractivity contribution >= 4 is 28.3 Å². The summed E-state index contributed by atoms with van der Waals surface area (Å²) in [7, 11) is 0. The maximum absolute atomic E-state index is 12.6. The Morgan fingerprint density at radius 2 is 2.17 bits per heavy atom. The van der Waals surface area contributed by atoms with E-state index >= 15 is 0 Å². The van der Waals surface area contributed by atoms with Crippen LogP contribution in [0.2, 0.25) is 0 Å². The van der Waals surface area contributed by atoms with Crippen LogP contribution in [0.15, 0.2) is 24.3 Å². The van der Waals surface area contributed by atoms with Crippen molar-refractivity contribution in [3.8, 4) is 5.75 Å². The predicted molar refractivity (Wildman–Crippen MR) is 90.1 cm³/mol. The molecule has 7 nitrogen and oxygen atoms in total. The minimum atomic E-state index is -0.564. The molecule has 1 atom stereocenters. The van der Waals surface area contributed by atoms with Crippen LogP contribution in [-0.2, 0) is 11.2 Å². The van der Waals surface area contributed by atoms with E-state index < -0.39 is 6.04 Å². The molecule has 24 heavy (non-hydrogen) atoms. The molecule has 1 aromatic heterocycles. The number of amides is 2. The van der Waals surface area contributed by atoms with Gasteiger partial charge in [0.05, 0.1) is 5.56 Å². The molecule has 1 unspecified atom stereocenters. The van der Waals surface area contributed by atoms with Gasteiger partial charge in [-0.25, -0.2) is 0 Å². The number of nitrogens with zero attached hydrogens (tertiary/aromatic N) is 3. The van der Waals surface area contributed by atoms with E-state index in [4.69, 9.17) is 0 Å². The molecule has 0 saturated carbocycles. The summed E-state index contributed by atoms with van der Waals surface area (Å²) in [5.41, 5.74) is 0.210. The van der Waals surface area contributed by atoms with Crippen LogP contribution in [0, 0.1) is 0 Å². The molecule has 0 spiro atoms. The summed E-state index contributed by atoms with van der Waals surface area (Å²) in [4.78, 5) is 26.7. The minimum absolute atomic E-state index is 0.0785. The number of hydrogen-bond acceptors (Lipinski definition) is 6. The Balaban J connectivity index is 1.74. The van der Waals surface area contributed by atoms with Gasteiger partial charge in [0.15, 0.2) is 0 Å². The van der Waals surface area contributed by atoms with Crippen LogP contribution in [0.4, 0.5) is 5.13 Å². The lowest BCUT2D eigenvalue weighted by Crippen LogP contribution is -2.43. The van der Waals surface area contributed by atoms with E-state index in [9.17, 15) is 14.7 Å². The average molecular weight is 346 g/mol. The van der Waals surface area contributed by atoms with Gasteiger partial charge in [-0.3, -0.25) is 14.9 Å². The van der Waals surface area contributed by atoms with Crippen molar-refractivity contribution in [2.45, 2.75) is 32.2 Å². The third-order valence-electron chi connectivity index (χ3n) is 3.95. The number of aromatic nitrogens is 2. The topological polar surface area (TPSA) is 95.4 Å². The number of carbonyl (C=O) groups is 2. The summed E-state index contributed by atoms with van der Waals surface area (Å²) in [5.74, 6) is -0.683. The molecule has 1 aliphatic rings. The van der Waals surface area contributed by atoms with Gasteiger partial charge in [-0.1, -0.05) is 30.4 Å². The zero-order chi connectivity index (χ0) is 17.1. The van der Waals surface area contributed by atoms with Crippen molar-refractivity contribution in [2.24, 2.45) is 0 Å². The first kappa shape index (κ1) is 16.4. The van der Waals surface area contributed by atoms with Crippen molar-refractivity contribution in [1.29, 1.82) is 0 Å². The first-order valence-electron chi connectivity index (χ1n) is 7.82. The molecule has 1 saturated heterocycles. The van der Waals surface area contributed by atoms with Crippen molar-refractivity contribution < 1.29 is 14.7 Å². The highest BCUT2D eigenvalue weighted by atomic mass is 32.1. The summed E-state index contributed by atoms with van der Waals surface area (Å²) in [6.45, 7) is 2.46. The van der Waals surface area contributed by atoms with Gasteiger partial charge in [0.1, 0.15) is 16.8 Å². The molecule has 1 fully saturated rings. The number of benzene rings is 1. The van der Waals surface area contributed by atoms with E-state index in [0.717, 1.165) is 17.8 Å². The second kappa shape index (κ2) is 6.96. The van der Waals surface area contributed by atoms with Gasteiger partial charge in [-0.15, -0.1) is 10.2 Å². The highest BCUT2D eigenvalue weighted by Crippen LogP contribution is 2.25. The maximum atomic E-state index is 12.6. The third kappa shape index (κ3) is 3.23. The van der Waals surface area contributed by atoms with Crippen LogP contribution in [0.3, 0.4) is 0 Å². The summed E-state index contributed by atoms with van der Waals surface area (Å²) in [6, 6.07) is 5.80. The van der Waals surface area contributed by atoms with Crippen LogP contribution in [0.25, 0.3) is 0 Å². The minimum Gasteiger partial charge on any atom is -0.507 e. The SMILES string of the molecule is CCc1nnc(NC(=O)C2CCCN2C(=O)c2ccccc2O)s1. The van der Waals surface area contributed by atoms with Gasteiger partial charge in [-0.05, 0) is 31.4 Å². The fourth-order valence-electron chi connectivity index (χ4n) is 2.73. The summed E-state index contributed by atoms with van der Waals surface area (Å²) in [5, 5.41) is 21.8. The lowest BCUT2D eigenvalue weighted by Gasteiger charge is -2.23. The van der Waals surface area contributed by atoms with Crippen molar-refractivity contribution in [2.75, 3.05) is 11.9 Å². The zero-order valence-corrected chi connectivity index (χ0v) is 14.0. The average Bonchev–Trinajstić information content (AvgIpc) is 3.23. The lowest BCUT2D eigenvalue weighted by atomic mass is 10.1. The van der Waals surface area contributed by atoms with E-state index in [-0.39, 0.29) is 23.1 Å². The van der Waals surface area contributed by atoms with E-state index in [2.05, 4.69) is 15.5 Å². The number of aryl methyl sites for hydroxylation is 1. The fourth-order valence-corrected chi connectivity index (χ4v) is 3.41. The van der Waals surface area contributed by atoms with Gasteiger partial charge in [0, 0.05) is 6.54 Å². The van der Waals surface area contributed by atoms with Crippen molar-refractivity contribution in [1.82, 2.24) is 15.1 Å². The van der Waals surface area contributed by atoms with E-state index in [1.54, 1.807) is 18.2 Å². The molecule has 0 aliphatic carbocycles. The first-order chi connectivity index (χ1) is 11.6. The van der Waals surface area contributed by atoms with E-state index in [0.29, 0.717) is 18.1 Å². The van der Waals surface area contributed by atoms with Gasteiger partial charge in [-0.2, -0.15) is 0 Å². The maximum Gasteiger partial charge on any atom is 0.258 e. The van der Waals surface area contributed by atoms with E-state index in [1.807, 2.05) is 6.92 Å². The van der Waals surface area contributed by atoms with Crippen LogP contribution in [0.5, 0.6) is 5.75 Å². The number of anilines is 1. The van der Waals surface area contributed by atoms with Crippen LogP contribution in [-0.4, -0.2) is 44.6 Å². The Bertz CT molecular complexity index is 761. The van der Waals surface area contributed by atoms with Crippen molar-refractivity contribution in [3.05, 3.63) is 34.8 Å². The Labute approximate surface area is 143 Å². The molecule has 8 heteroatoms. The quantitative estimate of drug-likeness (QED) is 0.883.